The Balaban J connectivity index is 1.27. The fourth-order valence-electron chi connectivity index (χ4n) is 4.18. The van der Waals surface area contributed by atoms with E-state index in [9.17, 15) is 0 Å². The highest BCUT2D eigenvalue weighted by Crippen LogP contribution is 2.19. The van der Waals surface area contributed by atoms with Crippen molar-refractivity contribution in [1.29, 1.82) is 0 Å². The Labute approximate surface area is 155 Å². The number of nitrogens with one attached hydrogen (secondary N) is 1. The molecule has 2 fully saturated rings. The molecule has 1 N–H and O–H groups in total. The van der Waals surface area contributed by atoms with Gasteiger partial charge in [0.05, 0.1) is 0 Å². The van der Waals surface area contributed by atoms with Crippen molar-refractivity contribution in [2.24, 2.45) is 10.9 Å². The van der Waals surface area contributed by atoms with Gasteiger partial charge in [0.2, 0.25) is 0 Å². The van der Waals surface area contributed by atoms with Crippen LogP contribution in [0.4, 0.5) is 0 Å². The van der Waals surface area contributed by atoms with Gasteiger partial charge in [-0.2, -0.15) is 0 Å². The Kier molecular flexibility index (Phi) is 5.34. The SMILES string of the molecule is CN=C(NCCc1nnc2ccccn12)N1CCC(CN2CCCC2)C1. The normalized spacial score (nSPS) is 21.8. The van der Waals surface area contributed by atoms with Crippen LogP contribution in [0.1, 0.15) is 25.1 Å². The Bertz CT molecular complexity index is 747. The van der Waals surface area contributed by atoms with Crippen LogP contribution in [-0.4, -0.2) is 76.7 Å². The van der Waals surface area contributed by atoms with Gasteiger partial charge in [-0.1, -0.05) is 6.07 Å². The summed E-state index contributed by atoms with van der Waals surface area (Å²) >= 11 is 0. The standard InChI is InChI=1S/C19H29N7/c1-20-19(25-13-8-16(15-25)14-24-10-4-5-11-24)21-9-7-18-23-22-17-6-2-3-12-26(17)18/h2-3,6,12,16H,4-5,7-11,13-15H2,1H3,(H,20,21). The van der Waals surface area contributed by atoms with E-state index in [2.05, 4.69) is 30.3 Å². The van der Waals surface area contributed by atoms with Crippen molar-refractivity contribution in [1.82, 2.24) is 29.7 Å². The molecule has 2 aromatic rings. The molecule has 2 aliphatic heterocycles. The number of fused-ring (bicyclic) bond motifs is 1. The van der Waals surface area contributed by atoms with Gasteiger partial charge in [0.15, 0.2) is 11.6 Å². The van der Waals surface area contributed by atoms with E-state index >= 15 is 0 Å². The molecule has 0 amide bonds. The lowest BCUT2D eigenvalue weighted by molar-refractivity contribution is 0.281. The number of guanidine groups is 1. The molecular weight excluding hydrogens is 326 g/mol. The van der Waals surface area contributed by atoms with E-state index in [0.717, 1.165) is 49.4 Å². The van der Waals surface area contributed by atoms with Gasteiger partial charge in [-0.25, -0.2) is 0 Å². The lowest BCUT2D eigenvalue weighted by Gasteiger charge is -2.23. The van der Waals surface area contributed by atoms with Gasteiger partial charge in [-0.15, -0.1) is 10.2 Å². The summed E-state index contributed by atoms with van der Waals surface area (Å²) < 4.78 is 2.05. The molecule has 26 heavy (non-hydrogen) atoms. The third-order valence-electron chi connectivity index (χ3n) is 5.53. The molecule has 1 atom stereocenters. The summed E-state index contributed by atoms with van der Waals surface area (Å²) in [7, 11) is 1.88. The summed E-state index contributed by atoms with van der Waals surface area (Å²) in [4.78, 5) is 9.52. The Morgan fingerprint density at radius 3 is 2.96 bits per heavy atom. The molecule has 140 valence electrons. The van der Waals surface area contributed by atoms with E-state index in [1.807, 2.05) is 35.8 Å². The van der Waals surface area contributed by atoms with Crippen molar-refractivity contribution < 1.29 is 0 Å². The molecule has 2 saturated heterocycles. The second-order valence-electron chi connectivity index (χ2n) is 7.38. The van der Waals surface area contributed by atoms with E-state index in [-0.39, 0.29) is 0 Å². The van der Waals surface area contributed by atoms with Crippen LogP contribution in [0.25, 0.3) is 5.65 Å². The van der Waals surface area contributed by atoms with Crippen molar-refractivity contribution in [3.63, 3.8) is 0 Å². The molecule has 0 spiro atoms. The summed E-state index contributed by atoms with van der Waals surface area (Å²) in [5.41, 5.74) is 0.899. The second-order valence-corrected chi connectivity index (χ2v) is 7.38. The highest BCUT2D eigenvalue weighted by atomic mass is 15.3. The highest BCUT2D eigenvalue weighted by molar-refractivity contribution is 5.80. The highest BCUT2D eigenvalue weighted by Gasteiger charge is 2.27. The van der Waals surface area contributed by atoms with E-state index in [1.54, 1.807) is 0 Å². The fourth-order valence-corrected chi connectivity index (χ4v) is 4.18. The molecule has 4 heterocycles. The molecule has 7 nitrogen and oxygen atoms in total. The molecule has 7 heteroatoms. The summed E-state index contributed by atoms with van der Waals surface area (Å²) in [6.07, 6.45) is 6.86. The van der Waals surface area contributed by atoms with Crippen molar-refractivity contribution in [3.8, 4) is 0 Å². The number of pyridine rings is 1. The zero-order valence-electron chi connectivity index (χ0n) is 15.6. The van der Waals surface area contributed by atoms with Crippen molar-refractivity contribution in [2.75, 3.05) is 46.3 Å². The van der Waals surface area contributed by atoms with Crippen LogP contribution in [0, 0.1) is 5.92 Å². The zero-order valence-corrected chi connectivity index (χ0v) is 15.6. The number of likely N-dealkylation sites (tertiary alicyclic amines) is 2. The first-order chi connectivity index (χ1) is 12.8. The van der Waals surface area contributed by atoms with Gasteiger partial charge in [0, 0.05) is 45.8 Å². The van der Waals surface area contributed by atoms with Crippen LogP contribution in [0.3, 0.4) is 0 Å². The van der Waals surface area contributed by atoms with Gasteiger partial charge >= 0.3 is 0 Å². The Morgan fingerprint density at radius 1 is 1.23 bits per heavy atom. The maximum atomic E-state index is 4.49. The number of aromatic nitrogens is 3. The van der Waals surface area contributed by atoms with E-state index in [1.165, 1.54) is 38.9 Å². The number of hydrogen-bond donors (Lipinski definition) is 1. The van der Waals surface area contributed by atoms with Gasteiger partial charge in [-0.05, 0) is 50.4 Å². The van der Waals surface area contributed by atoms with Gasteiger partial charge in [0.1, 0.15) is 5.82 Å². The third-order valence-corrected chi connectivity index (χ3v) is 5.53. The smallest absolute Gasteiger partial charge is 0.193 e. The van der Waals surface area contributed by atoms with Crippen molar-refractivity contribution >= 4 is 11.6 Å². The summed E-state index contributed by atoms with van der Waals surface area (Å²) in [5, 5.41) is 12.0. The molecule has 0 aromatic carbocycles. The fraction of sp³-hybridized carbons (Fsp3) is 0.632. The second kappa shape index (κ2) is 8.03. The molecule has 2 aromatic heterocycles. The first-order valence-electron chi connectivity index (χ1n) is 9.80. The average molecular weight is 355 g/mol. The van der Waals surface area contributed by atoms with E-state index in [4.69, 9.17) is 0 Å². The third kappa shape index (κ3) is 3.82. The largest absolute Gasteiger partial charge is 0.356 e. The number of nitrogens with zero attached hydrogens (tertiary/aromatic N) is 6. The average Bonchev–Trinajstić information content (AvgIpc) is 3.41. The minimum Gasteiger partial charge on any atom is -0.356 e. The van der Waals surface area contributed by atoms with E-state index < -0.39 is 0 Å². The van der Waals surface area contributed by atoms with Crippen LogP contribution in [0.5, 0.6) is 0 Å². The number of hydrogen-bond acceptors (Lipinski definition) is 4. The quantitative estimate of drug-likeness (QED) is 0.646. The molecule has 0 saturated carbocycles. The predicted octanol–water partition coefficient (Wildman–Crippen LogP) is 1.26. The monoisotopic (exact) mass is 355 g/mol. The van der Waals surface area contributed by atoms with E-state index in [0.29, 0.717) is 0 Å². The van der Waals surface area contributed by atoms with Gasteiger partial charge in [-0.3, -0.25) is 9.39 Å². The van der Waals surface area contributed by atoms with Crippen molar-refractivity contribution in [2.45, 2.75) is 25.7 Å². The molecular formula is C19H29N7. The predicted molar refractivity (Wildman–Crippen MR) is 103 cm³/mol. The van der Waals surface area contributed by atoms with Crippen LogP contribution in [0.2, 0.25) is 0 Å². The molecule has 4 rings (SSSR count). The lowest BCUT2D eigenvalue weighted by Crippen LogP contribution is -2.41. The first kappa shape index (κ1) is 17.3. The summed E-state index contributed by atoms with van der Waals surface area (Å²) in [5.74, 6) is 2.77. The van der Waals surface area contributed by atoms with Crippen LogP contribution < -0.4 is 5.32 Å². The summed E-state index contributed by atoms with van der Waals surface area (Å²) in [6.45, 7) is 6.86. The first-order valence-corrected chi connectivity index (χ1v) is 9.80. The maximum absolute atomic E-state index is 4.49. The zero-order chi connectivity index (χ0) is 17.8. The minimum atomic E-state index is 0.770. The number of rotatable bonds is 5. The maximum Gasteiger partial charge on any atom is 0.193 e. The number of aliphatic imine (C=N–C) groups is 1. The Hall–Kier alpha value is -2.15. The van der Waals surface area contributed by atoms with Crippen LogP contribution >= 0.6 is 0 Å². The molecule has 1 unspecified atom stereocenters. The molecule has 0 aliphatic carbocycles. The van der Waals surface area contributed by atoms with Gasteiger partial charge in [0.25, 0.3) is 0 Å². The van der Waals surface area contributed by atoms with Crippen molar-refractivity contribution in [3.05, 3.63) is 30.2 Å². The van der Waals surface area contributed by atoms with Crippen LogP contribution in [0.15, 0.2) is 29.4 Å². The van der Waals surface area contributed by atoms with Gasteiger partial charge < -0.3 is 15.1 Å². The topological polar surface area (TPSA) is 61.1 Å². The Morgan fingerprint density at radius 2 is 2.12 bits per heavy atom. The van der Waals surface area contributed by atoms with Crippen LogP contribution in [-0.2, 0) is 6.42 Å². The molecule has 0 radical (unpaired) electrons. The molecule has 2 aliphatic rings. The molecule has 0 bridgehead atoms. The minimum absolute atomic E-state index is 0.770. The lowest BCUT2D eigenvalue weighted by atomic mass is 10.1. The summed E-state index contributed by atoms with van der Waals surface area (Å²) in [6, 6.07) is 5.98.